The molecule has 3 fully saturated rings. The van der Waals surface area contributed by atoms with Crippen molar-refractivity contribution in [3.63, 3.8) is 0 Å². The Bertz CT molecular complexity index is 656. The van der Waals surface area contributed by atoms with E-state index in [0.717, 1.165) is 44.3 Å². The van der Waals surface area contributed by atoms with E-state index >= 15 is 0 Å². The fourth-order valence-corrected chi connectivity index (χ4v) is 7.60. The van der Waals surface area contributed by atoms with Gasteiger partial charge in [-0.15, -0.1) is 0 Å². The van der Waals surface area contributed by atoms with Crippen LogP contribution < -0.4 is 0 Å². The average molecular weight is 359 g/mol. The highest BCUT2D eigenvalue weighted by Gasteiger charge is 2.59. The van der Waals surface area contributed by atoms with Gasteiger partial charge in [0, 0.05) is 12.8 Å². The predicted molar refractivity (Wildman–Crippen MR) is 101 cm³/mol. The molecule has 4 aliphatic carbocycles. The van der Waals surface area contributed by atoms with Crippen molar-refractivity contribution in [3.8, 4) is 0 Å². The SMILES string of the molecule is C[C@H](O)C1=CC[C@H]2[C@@H]3CC=C4CC5(CC[C@]4(C)[C@H]3CC[C@]12C)OCCO5. The van der Waals surface area contributed by atoms with Crippen LogP contribution in [0.2, 0.25) is 0 Å². The van der Waals surface area contributed by atoms with Gasteiger partial charge in [0.25, 0.3) is 0 Å². The van der Waals surface area contributed by atoms with Gasteiger partial charge in [0.1, 0.15) is 0 Å². The maximum atomic E-state index is 10.3. The van der Waals surface area contributed by atoms with Gasteiger partial charge in [-0.25, -0.2) is 0 Å². The second-order valence-corrected chi connectivity index (χ2v) is 10.1. The molecule has 5 rings (SSSR count). The van der Waals surface area contributed by atoms with Crippen molar-refractivity contribution in [2.75, 3.05) is 13.2 Å². The molecule has 3 heteroatoms. The summed E-state index contributed by atoms with van der Waals surface area (Å²) in [5.41, 5.74) is 3.46. The zero-order valence-corrected chi connectivity index (χ0v) is 16.6. The first-order valence-corrected chi connectivity index (χ1v) is 10.7. The molecule has 6 atom stereocenters. The van der Waals surface area contributed by atoms with E-state index in [1.54, 1.807) is 5.57 Å². The van der Waals surface area contributed by atoms with E-state index in [1.807, 2.05) is 6.92 Å². The lowest BCUT2D eigenvalue weighted by Crippen LogP contribution is -2.52. The number of aliphatic hydroxyl groups excluding tert-OH is 1. The molecule has 0 aromatic rings. The topological polar surface area (TPSA) is 38.7 Å². The number of rotatable bonds is 1. The molecule has 0 aromatic heterocycles. The Morgan fingerprint density at radius 2 is 1.77 bits per heavy atom. The van der Waals surface area contributed by atoms with Crippen LogP contribution in [0.25, 0.3) is 0 Å². The zero-order chi connectivity index (χ0) is 18.2. The molecule has 0 aromatic carbocycles. The number of hydrogen-bond acceptors (Lipinski definition) is 3. The highest BCUT2D eigenvalue weighted by molar-refractivity contribution is 5.31. The summed E-state index contributed by atoms with van der Waals surface area (Å²) in [4.78, 5) is 0. The third-order valence-electron chi connectivity index (χ3n) is 9.01. The van der Waals surface area contributed by atoms with E-state index in [4.69, 9.17) is 9.47 Å². The van der Waals surface area contributed by atoms with Crippen LogP contribution in [0.3, 0.4) is 0 Å². The first-order chi connectivity index (χ1) is 12.4. The molecule has 0 radical (unpaired) electrons. The van der Waals surface area contributed by atoms with Gasteiger partial charge in [0.15, 0.2) is 5.79 Å². The minimum atomic E-state index is -0.310. The Balaban J connectivity index is 1.44. The van der Waals surface area contributed by atoms with Crippen LogP contribution in [0.4, 0.5) is 0 Å². The van der Waals surface area contributed by atoms with Gasteiger partial charge in [-0.2, -0.15) is 0 Å². The molecule has 2 saturated carbocycles. The lowest BCUT2D eigenvalue weighted by molar-refractivity contribution is -0.184. The fourth-order valence-electron chi connectivity index (χ4n) is 7.60. The average Bonchev–Trinajstić information content (AvgIpc) is 3.20. The fraction of sp³-hybridized carbons (Fsp3) is 0.826. The van der Waals surface area contributed by atoms with Gasteiger partial charge in [0.2, 0.25) is 0 Å². The zero-order valence-electron chi connectivity index (χ0n) is 16.6. The molecule has 5 aliphatic rings. The third kappa shape index (κ3) is 2.23. The third-order valence-corrected chi connectivity index (χ3v) is 9.01. The summed E-state index contributed by atoms with van der Waals surface area (Å²) in [6, 6.07) is 0. The van der Waals surface area contributed by atoms with E-state index in [2.05, 4.69) is 26.0 Å². The molecule has 1 aliphatic heterocycles. The van der Waals surface area contributed by atoms with Gasteiger partial charge in [-0.05, 0) is 73.2 Å². The van der Waals surface area contributed by atoms with Gasteiger partial charge in [-0.1, -0.05) is 31.6 Å². The van der Waals surface area contributed by atoms with E-state index < -0.39 is 0 Å². The molecule has 3 nitrogen and oxygen atoms in total. The molecule has 144 valence electrons. The van der Waals surface area contributed by atoms with Crippen molar-refractivity contribution >= 4 is 0 Å². The van der Waals surface area contributed by atoms with Gasteiger partial charge < -0.3 is 14.6 Å². The molecular formula is C23H34O3. The van der Waals surface area contributed by atoms with E-state index in [0.29, 0.717) is 11.3 Å². The maximum absolute atomic E-state index is 10.3. The Morgan fingerprint density at radius 3 is 2.50 bits per heavy atom. The minimum Gasteiger partial charge on any atom is -0.389 e. The summed E-state index contributed by atoms with van der Waals surface area (Å²) in [7, 11) is 0. The smallest absolute Gasteiger partial charge is 0.172 e. The van der Waals surface area contributed by atoms with Crippen molar-refractivity contribution in [1.82, 2.24) is 0 Å². The Labute approximate surface area is 157 Å². The summed E-state index contributed by atoms with van der Waals surface area (Å²) < 4.78 is 12.1. The molecule has 1 heterocycles. The molecule has 0 amide bonds. The van der Waals surface area contributed by atoms with Crippen LogP contribution in [0, 0.1) is 28.6 Å². The van der Waals surface area contributed by atoms with Crippen LogP contribution in [0.5, 0.6) is 0 Å². The molecule has 26 heavy (non-hydrogen) atoms. The number of aliphatic hydroxyl groups is 1. The second-order valence-electron chi connectivity index (χ2n) is 10.1. The van der Waals surface area contributed by atoms with E-state index in [9.17, 15) is 5.11 Å². The van der Waals surface area contributed by atoms with Crippen molar-refractivity contribution < 1.29 is 14.6 Å². The lowest BCUT2D eigenvalue weighted by Gasteiger charge is -2.58. The minimum absolute atomic E-state index is 0.213. The first-order valence-electron chi connectivity index (χ1n) is 10.7. The molecule has 0 unspecified atom stereocenters. The standard InChI is InChI=1S/C23H34O3/c1-15(24)18-6-7-19-17-5-4-16-14-23(25-12-13-26-23)11-10-21(16,2)20(17)8-9-22(18,19)3/h4,6,15,17,19-20,24H,5,7-14H2,1-3H3/t15-,17-,19-,20-,21-,22+/m0/s1. The second kappa shape index (κ2) is 5.68. The molecular weight excluding hydrogens is 324 g/mol. The number of allylic oxidation sites excluding steroid dienone is 2. The van der Waals surface area contributed by atoms with Crippen molar-refractivity contribution in [3.05, 3.63) is 23.3 Å². The van der Waals surface area contributed by atoms with E-state index in [1.165, 1.54) is 31.3 Å². The Morgan fingerprint density at radius 1 is 1.00 bits per heavy atom. The predicted octanol–water partition coefficient (Wildman–Crippen LogP) is 4.61. The summed E-state index contributed by atoms with van der Waals surface area (Å²) >= 11 is 0. The largest absolute Gasteiger partial charge is 0.389 e. The maximum Gasteiger partial charge on any atom is 0.172 e. The quantitative estimate of drug-likeness (QED) is 0.696. The van der Waals surface area contributed by atoms with Crippen molar-refractivity contribution in [2.45, 2.75) is 77.6 Å². The molecule has 1 spiro atoms. The van der Waals surface area contributed by atoms with E-state index in [-0.39, 0.29) is 17.3 Å². The van der Waals surface area contributed by atoms with Crippen LogP contribution >= 0.6 is 0 Å². The molecule has 0 bridgehead atoms. The Kier molecular flexibility index (Phi) is 3.82. The van der Waals surface area contributed by atoms with Gasteiger partial charge >= 0.3 is 0 Å². The summed E-state index contributed by atoms with van der Waals surface area (Å²) in [6.45, 7) is 8.41. The normalized spacial score (nSPS) is 47.6. The van der Waals surface area contributed by atoms with Crippen molar-refractivity contribution in [2.24, 2.45) is 28.6 Å². The van der Waals surface area contributed by atoms with Crippen molar-refractivity contribution in [1.29, 1.82) is 0 Å². The molecule has 1 N–H and O–H groups in total. The monoisotopic (exact) mass is 358 g/mol. The lowest BCUT2D eigenvalue weighted by atomic mass is 9.47. The number of fused-ring (bicyclic) bond motifs is 5. The molecule has 1 saturated heterocycles. The van der Waals surface area contributed by atoms with Crippen LogP contribution in [-0.4, -0.2) is 30.2 Å². The van der Waals surface area contributed by atoms with Gasteiger partial charge in [0.05, 0.1) is 19.3 Å². The summed E-state index contributed by atoms with van der Waals surface area (Å²) in [6.07, 6.45) is 12.7. The highest BCUT2D eigenvalue weighted by Crippen LogP contribution is 2.66. The summed E-state index contributed by atoms with van der Waals surface area (Å²) in [5.74, 6) is 1.93. The Hall–Kier alpha value is -0.640. The number of hydrogen-bond donors (Lipinski definition) is 1. The number of ether oxygens (including phenoxy) is 2. The highest BCUT2D eigenvalue weighted by atomic mass is 16.7. The first kappa shape index (κ1) is 17.5. The summed E-state index contributed by atoms with van der Waals surface area (Å²) in [5, 5.41) is 10.3. The van der Waals surface area contributed by atoms with Crippen LogP contribution in [0.15, 0.2) is 23.3 Å². The van der Waals surface area contributed by atoms with Gasteiger partial charge in [-0.3, -0.25) is 0 Å². The van der Waals surface area contributed by atoms with Crippen LogP contribution in [0.1, 0.15) is 65.7 Å². The van der Waals surface area contributed by atoms with Crippen LogP contribution in [-0.2, 0) is 9.47 Å².